The zero-order valence-corrected chi connectivity index (χ0v) is 45.0. The SMILES string of the molecule is CC(C)(C)C(=Nc1c[c-]c(-c2ccccn2)cc1Br)C1CC(C(=Nc2c[c-]c(-c3ccccn3)cc2Br)C(C)(C)C)CC(C(=Nc2c[c-]c(-c3ccccn3)cc2Br)C(C)(C)C)C1.[Ir+3]. The minimum absolute atomic E-state index is 0. The second-order valence-electron chi connectivity index (χ2n) is 19.4. The molecule has 0 bridgehead atoms. The number of aliphatic imine (C=N–C) groups is 3. The number of halogens is 3. The molecule has 1 saturated carbocycles. The Morgan fingerprint density at radius 2 is 0.734 bits per heavy atom. The third-order valence-corrected chi connectivity index (χ3v) is 13.3. The van der Waals surface area contributed by atoms with Gasteiger partial charge in [0.1, 0.15) is 0 Å². The summed E-state index contributed by atoms with van der Waals surface area (Å²) >= 11 is 11.7. The zero-order valence-electron chi connectivity index (χ0n) is 37.9. The first-order valence-corrected chi connectivity index (χ1v) is 23.9. The fraction of sp³-hybridized carbons (Fsp3) is 0.333. The summed E-state index contributed by atoms with van der Waals surface area (Å²) in [5.74, 6) is 0.373. The van der Waals surface area contributed by atoms with Crippen LogP contribution in [-0.2, 0) is 20.1 Å². The number of hydrogen-bond donors (Lipinski definition) is 0. The Kier molecular flexibility index (Phi) is 16.1. The Morgan fingerprint density at radius 1 is 0.469 bits per heavy atom. The van der Waals surface area contributed by atoms with Crippen LogP contribution in [0.1, 0.15) is 81.6 Å². The maximum Gasteiger partial charge on any atom is 3.00 e. The van der Waals surface area contributed by atoms with Gasteiger partial charge in [0, 0.05) is 35.7 Å². The van der Waals surface area contributed by atoms with Gasteiger partial charge in [0.2, 0.25) is 0 Å². The summed E-state index contributed by atoms with van der Waals surface area (Å²) in [6.07, 6.45) is 8.13. The van der Waals surface area contributed by atoms with Gasteiger partial charge in [-0.05, 0) is 119 Å². The van der Waals surface area contributed by atoms with Crippen LogP contribution in [0.5, 0.6) is 0 Å². The van der Waals surface area contributed by atoms with Crippen LogP contribution in [0.3, 0.4) is 0 Å². The second kappa shape index (κ2) is 20.8. The predicted octanol–water partition coefficient (Wildman–Crippen LogP) is 16.3. The van der Waals surface area contributed by atoms with Crippen LogP contribution >= 0.6 is 47.8 Å². The number of hydrogen-bond acceptors (Lipinski definition) is 6. The van der Waals surface area contributed by atoms with Crippen molar-refractivity contribution in [2.45, 2.75) is 81.6 Å². The van der Waals surface area contributed by atoms with Gasteiger partial charge in [0.25, 0.3) is 0 Å². The maximum atomic E-state index is 5.57. The first-order valence-electron chi connectivity index (χ1n) is 21.5. The quantitative estimate of drug-likeness (QED) is 0.107. The summed E-state index contributed by atoms with van der Waals surface area (Å²) in [5.41, 5.74) is 10.7. The van der Waals surface area contributed by atoms with Gasteiger partial charge in [0.05, 0.1) is 0 Å². The molecule has 1 fully saturated rings. The molecular formula is C54H54Br3IrN6. The Bertz CT molecular complexity index is 2350. The molecule has 64 heavy (non-hydrogen) atoms. The minimum Gasteiger partial charge on any atom is -0.305 e. The van der Waals surface area contributed by atoms with Gasteiger partial charge >= 0.3 is 20.1 Å². The average Bonchev–Trinajstić information content (AvgIpc) is 3.24. The average molecular weight is 1220 g/mol. The summed E-state index contributed by atoms with van der Waals surface area (Å²) < 4.78 is 2.73. The second-order valence-corrected chi connectivity index (χ2v) is 22.0. The van der Waals surface area contributed by atoms with Crippen molar-refractivity contribution < 1.29 is 20.1 Å². The fourth-order valence-corrected chi connectivity index (χ4v) is 9.93. The number of pyridine rings is 3. The molecule has 10 heteroatoms. The number of rotatable bonds is 9. The monoisotopic (exact) mass is 1220 g/mol. The van der Waals surface area contributed by atoms with E-state index in [-0.39, 0.29) is 54.1 Å². The first kappa shape index (κ1) is 49.6. The molecule has 0 spiro atoms. The molecular weight excluding hydrogens is 1160 g/mol. The molecule has 0 amide bonds. The van der Waals surface area contributed by atoms with Crippen molar-refractivity contribution in [3.8, 4) is 33.8 Å². The van der Waals surface area contributed by atoms with Crippen molar-refractivity contribution in [2.24, 2.45) is 49.0 Å². The van der Waals surface area contributed by atoms with E-state index in [1.54, 1.807) is 0 Å². The smallest absolute Gasteiger partial charge is 0.305 e. The van der Waals surface area contributed by atoms with Crippen molar-refractivity contribution in [3.63, 3.8) is 0 Å². The molecule has 0 saturated heterocycles. The van der Waals surface area contributed by atoms with E-state index in [1.807, 2.05) is 91.4 Å². The Balaban J connectivity index is 0.00000680. The molecule has 0 aliphatic heterocycles. The molecule has 330 valence electrons. The molecule has 0 atom stereocenters. The van der Waals surface area contributed by atoms with E-state index < -0.39 is 0 Å². The third-order valence-electron chi connectivity index (χ3n) is 11.4. The summed E-state index contributed by atoms with van der Waals surface area (Å²) in [6.45, 7) is 20.6. The topological polar surface area (TPSA) is 75.8 Å². The van der Waals surface area contributed by atoms with E-state index in [2.05, 4.69) is 161 Å². The zero-order chi connectivity index (χ0) is 45.1. The van der Waals surface area contributed by atoms with Gasteiger partial charge in [0.15, 0.2) is 0 Å². The normalized spacial score (nSPS) is 17.8. The van der Waals surface area contributed by atoms with Crippen LogP contribution in [0.2, 0.25) is 0 Å². The van der Waals surface area contributed by atoms with E-state index >= 15 is 0 Å². The minimum atomic E-state index is -0.243. The predicted molar refractivity (Wildman–Crippen MR) is 273 cm³/mol. The van der Waals surface area contributed by atoms with E-state index in [4.69, 9.17) is 15.0 Å². The molecule has 6 aromatic rings. The molecule has 3 aromatic heterocycles. The molecule has 3 aromatic carbocycles. The van der Waals surface area contributed by atoms with Gasteiger partial charge in [-0.1, -0.05) is 147 Å². The van der Waals surface area contributed by atoms with Crippen molar-refractivity contribution in [2.75, 3.05) is 0 Å². The molecule has 0 N–H and O–H groups in total. The van der Waals surface area contributed by atoms with Crippen LogP contribution < -0.4 is 0 Å². The third kappa shape index (κ3) is 12.2. The molecule has 3 heterocycles. The van der Waals surface area contributed by atoms with Gasteiger partial charge < -0.3 is 29.9 Å². The van der Waals surface area contributed by atoms with Gasteiger partial charge in [-0.25, -0.2) is 0 Å². The number of aromatic nitrogens is 3. The van der Waals surface area contributed by atoms with Crippen molar-refractivity contribution in [1.82, 2.24) is 15.0 Å². The number of benzene rings is 3. The summed E-state index contributed by atoms with van der Waals surface area (Å²) in [4.78, 5) is 30.4. The first-order chi connectivity index (χ1) is 29.8. The van der Waals surface area contributed by atoms with E-state index in [0.29, 0.717) is 0 Å². The summed E-state index contributed by atoms with van der Waals surface area (Å²) in [5, 5.41) is 0. The van der Waals surface area contributed by atoms with E-state index in [1.165, 1.54) is 0 Å². The molecule has 6 nitrogen and oxygen atoms in total. The van der Waals surface area contributed by atoms with Crippen molar-refractivity contribution in [1.29, 1.82) is 0 Å². The van der Waals surface area contributed by atoms with Crippen LogP contribution in [0, 0.1) is 52.2 Å². The van der Waals surface area contributed by atoms with Gasteiger partial charge in [-0.3, -0.25) is 0 Å². The van der Waals surface area contributed by atoms with E-state index in [0.717, 1.165) is 101 Å². The Morgan fingerprint density at radius 3 is 0.938 bits per heavy atom. The Labute approximate surface area is 419 Å². The van der Waals surface area contributed by atoms with E-state index in [9.17, 15) is 0 Å². The van der Waals surface area contributed by atoms with Crippen molar-refractivity contribution in [3.05, 3.63) is 141 Å². The molecule has 1 aliphatic carbocycles. The van der Waals surface area contributed by atoms with Gasteiger partial charge in [-0.2, -0.15) is 0 Å². The van der Waals surface area contributed by atoms with Crippen LogP contribution in [0.15, 0.2) is 138 Å². The van der Waals surface area contributed by atoms with Gasteiger partial charge in [-0.15, -0.1) is 71.3 Å². The molecule has 7 rings (SSSR count). The summed E-state index contributed by atoms with van der Waals surface area (Å²) in [7, 11) is 0. The standard InChI is InChI=1S/C54H54Br3N6.Ir/c1-52(2,3)49(61-46-22-19-34(31-40(46)55)43-16-10-13-25-58-43)37-28-38(50(53(4,5)6)62-47-23-20-35(32-41(47)56)44-17-11-14-26-59-44)30-39(29-37)51(54(7,8)9)63-48-24-21-36(33-42(48)57)45-18-12-15-27-60-45;/h10-18,22-27,31-33,37-39H,28-30H2,1-9H3;/q-3;+3. The summed E-state index contributed by atoms with van der Waals surface area (Å²) in [6, 6.07) is 40.4. The fourth-order valence-electron chi connectivity index (χ4n) is 8.63. The maximum absolute atomic E-state index is 5.57. The molecule has 0 radical (unpaired) electrons. The van der Waals surface area contributed by atoms with Crippen LogP contribution in [0.25, 0.3) is 33.8 Å². The van der Waals surface area contributed by atoms with Crippen LogP contribution in [-0.4, -0.2) is 32.1 Å². The Hall–Kier alpha value is -3.79. The number of nitrogens with zero attached hydrogens (tertiary/aromatic N) is 6. The largest absolute Gasteiger partial charge is 3.00 e. The molecule has 0 unspecified atom stereocenters. The molecule has 1 aliphatic rings. The van der Waals surface area contributed by atoms with Crippen LogP contribution in [0.4, 0.5) is 17.1 Å². The van der Waals surface area contributed by atoms with Crippen molar-refractivity contribution >= 4 is 82.0 Å².